The molecule has 1 N–H and O–H groups in total. The predicted molar refractivity (Wildman–Crippen MR) is 121 cm³/mol. The number of rotatable bonds is 6. The maximum absolute atomic E-state index is 10.1. The fourth-order valence-electron chi connectivity index (χ4n) is 6.79. The highest BCUT2D eigenvalue weighted by atomic mass is 16.3. The Kier molecular flexibility index (Phi) is 7.29. The molecular formula is C27H44O. The predicted octanol–water partition coefficient (Wildman–Crippen LogP) is 7.62. The summed E-state index contributed by atoms with van der Waals surface area (Å²) in [6.07, 6.45) is 18.2. The van der Waals surface area contributed by atoms with Crippen molar-refractivity contribution >= 4 is 0 Å². The van der Waals surface area contributed by atoms with Crippen LogP contribution in [0.25, 0.3) is 0 Å². The van der Waals surface area contributed by atoms with Crippen molar-refractivity contribution in [2.24, 2.45) is 29.1 Å². The smallest absolute Gasteiger partial charge is 0.0614 e. The second kappa shape index (κ2) is 9.33. The summed E-state index contributed by atoms with van der Waals surface area (Å²) >= 11 is 0. The average Bonchev–Trinajstić information content (AvgIpc) is 2.96. The number of aliphatic hydroxyl groups is 1. The van der Waals surface area contributed by atoms with E-state index in [2.05, 4.69) is 46.4 Å². The third kappa shape index (κ3) is 5.02. The van der Waals surface area contributed by atoms with E-state index in [1.807, 2.05) is 0 Å². The molecule has 0 aromatic rings. The largest absolute Gasteiger partial charge is 0.392 e. The van der Waals surface area contributed by atoms with E-state index >= 15 is 0 Å². The van der Waals surface area contributed by atoms with Crippen molar-refractivity contribution in [2.75, 3.05) is 0 Å². The van der Waals surface area contributed by atoms with Crippen molar-refractivity contribution in [2.45, 2.75) is 104 Å². The number of hydrogen-bond donors (Lipinski definition) is 1. The molecule has 0 saturated heterocycles. The van der Waals surface area contributed by atoms with E-state index in [1.165, 1.54) is 62.5 Å². The number of allylic oxidation sites excluding steroid dienone is 3. The van der Waals surface area contributed by atoms with Crippen LogP contribution in [0.15, 0.2) is 35.5 Å². The van der Waals surface area contributed by atoms with Crippen molar-refractivity contribution in [3.05, 3.63) is 35.5 Å². The molecule has 3 fully saturated rings. The van der Waals surface area contributed by atoms with Gasteiger partial charge in [-0.1, -0.05) is 82.4 Å². The van der Waals surface area contributed by atoms with Crippen molar-refractivity contribution < 1.29 is 5.11 Å². The molecule has 0 aromatic heterocycles. The van der Waals surface area contributed by atoms with Crippen LogP contribution in [0, 0.1) is 29.1 Å². The zero-order chi connectivity index (χ0) is 20.3. The molecule has 1 nitrogen and oxygen atoms in total. The summed E-state index contributed by atoms with van der Waals surface area (Å²) in [7, 11) is 0. The first-order valence-electron chi connectivity index (χ1n) is 12.0. The van der Waals surface area contributed by atoms with Crippen molar-refractivity contribution in [3.63, 3.8) is 0 Å². The van der Waals surface area contributed by atoms with Gasteiger partial charge in [-0.25, -0.2) is 0 Å². The van der Waals surface area contributed by atoms with Gasteiger partial charge in [-0.3, -0.25) is 0 Å². The molecule has 0 aromatic carbocycles. The molecule has 3 aliphatic carbocycles. The van der Waals surface area contributed by atoms with E-state index in [4.69, 9.17) is 0 Å². The van der Waals surface area contributed by atoms with Crippen molar-refractivity contribution in [1.29, 1.82) is 0 Å². The van der Waals surface area contributed by atoms with Crippen LogP contribution >= 0.6 is 0 Å². The molecular weight excluding hydrogens is 340 g/mol. The molecule has 3 rings (SSSR count). The highest BCUT2D eigenvalue weighted by Gasteiger charge is 2.50. The normalized spacial score (nSPS) is 37.6. The molecule has 0 amide bonds. The molecule has 0 unspecified atom stereocenters. The number of hydrogen-bond acceptors (Lipinski definition) is 1. The Morgan fingerprint density at radius 3 is 2.64 bits per heavy atom. The zero-order valence-corrected chi connectivity index (χ0v) is 19.0. The highest BCUT2D eigenvalue weighted by molar-refractivity contribution is 5.28. The van der Waals surface area contributed by atoms with E-state index in [0.29, 0.717) is 5.41 Å². The van der Waals surface area contributed by atoms with Crippen LogP contribution in [-0.2, 0) is 0 Å². The Morgan fingerprint density at radius 2 is 1.93 bits per heavy atom. The van der Waals surface area contributed by atoms with Gasteiger partial charge in [0.05, 0.1) is 6.10 Å². The summed E-state index contributed by atoms with van der Waals surface area (Å²) < 4.78 is 0. The van der Waals surface area contributed by atoms with E-state index in [0.717, 1.165) is 42.9 Å². The average molecular weight is 385 g/mol. The van der Waals surface area contributed by atoms with Gasteiger partial charge in [0, 0.05) is 0 Å². The molecule has 0 radical (unpaired) electrons. The third-order valence-electron chi connectivity index (χ3n) is 8.20. The minimum absolute atomic E-state index is 0.218. The van der Waals surface area contributed by atoms with Gasteiger partial charge in [0.1, 0.15) is 0 Å². The lowest BCUT2D eigenvalue weighted by Crippen LogP contribution is -2.36. The lowest BCUT2D eigenvalue weighted by Gasteiger charge is -2.44. The van der Waals surface area contributed by atoms with Gasteiger partial charge in [-0.15, -0.1) is 0 Å². The van der Waals surface area contributed by atoms with Crippen molar-refractivity contribution in [1.82, 2.24) is 0 Å². The molecule has 158 valence electrons. The highest BCUT2D eigenvalue weighted by Crippen LogP contribution is 2.59. The standard InChI is InChI=1S/C27H44O/c1-19(2)8-6-9-21(4)25-13-14-26-23(10-7-15-27(25,26)5)12-11-22-16-20(3)17-24(28)18-22/h11-12,19,21,24-26,28H,3,6-10,13-18H2,1-2,4-5H3/b22-11-,23-12+/t21-,24-,25-,26-,27-/m1/s1. The Bertz CT molecular complexity index is 610. The molecule has 28 heavy (non-hydrogen) atoms. The summed E-state index contributed by atoms with van der Waals surface area (Å²) in [6.45, 7) is 14.0. The molecule has 0 heterocycles. The Morgan fingerprint density at radius 1 is 1.14 bits per heavy atom. The molecule has 3 saturated carbocycles. The second-order valence-electron chi connectivity index (χ2n) is 11.0. The lowest BCUT2D eigenvalue weighted by atomic mass is 9.60. The summed E-state index contributed by atoms with van der Waals surface area (Å²) in [5.74, 6) is 3.39. The van der Waals surface area contributed by atoms with Crippen LogP contribution in [-0.4, -0.2) is 11.2 Å². The topological polar surface area (TPSA) is 20.2 Å². The van der Waals surface area contributed by atoms with E-state index in [-0.39, 0.29) is 6.10 Å². The van der Waals surface area contributed by atoms with E-state index in [1.54, 1.807) is 5.57 Å². The Balaban J connectivity index is 1.68. The molecule has 0 spiro atoms. The molecule has 0 aliphatic heterocycles. The van der Waals surface area contributed by atoms with Crippen molar-refractivity contribution in [3.8, 4) is 0 Å². The van der Waals surface area contributed by atoms with Gasteiger partial charge in [0.15, 0.2) is 0 Å². The van der Waals surface area contributed by atoms with E-state index < -0.39 is 0 Å². The van der Waals surface area contributed by atoms with Gasteiger partial charge < -0.3 is 5.11 Å². The molecule has 1 heteroatoms. The van der Waals surface area contributed by atoms with Crippen LogP contribution in [0.3, 0.4) is 0 Å². The quantitative estimate of drug-likeness (QED) is 0.467. The van der Waals surface area contributed by atoms with Crippen LogP contribution in [0.4, 0.5) is 0 Å². The minimum Gasteiger partial charge on any atom is -0.392 e. The van der Waals surface area contributed by atoms with Crippen LogP contribution in [0.1, 0.15) is 98.3 Å². The number of aliphatic hydroxyl groups excluding tert-OH is 1. The van der Waals surface area contributed by atoms with Gasteiger partial charge >= 0.3 is 0 Å². The zero-order valence-electron chi connectivity index (χ0n) is 19.0. The summed E-state index contributed by atoms with van der Waals surface area (Å²) in [4.78, 5) is 0. The lowest BCUT2D eigenvalue weighted by molar-refractivity contribution is 0.0928. The molecule has 0 bridgehead atoms. The van der Waals surface area contributed by atoms with E-state index in [9.17, 15) is 5.11 Å². The summed E-state index contributed by atoms with van der Waals surface area (Å²) in [5, 5.41) is 10.1. The first kappa shape index (κ1) is 21.9. The van der Waals surface area contributed by atoms with Crippen LogP contribution < -0.4 is 0 Å². The maximum atomic E-state index is 10.1. The summed E-state index contributed by atoms with van der Waals surface area (Å²) in [5.41, 5.74) is 4.77. The minimum atomic E-state index is -0.218. The van der Waals surface area contributed by atoms with Gasteiger partial charge in [0.25, 0.3) is 0 Å². The maximum Gasteiger partial charge on any atom is 0.0614 e. The van der Waals surface area contributed by atoms with Gasteiger partial charge in [0.2, 0.25) is 0 Å². The Hall–Kier alpha value is -0.820. The van der Waals surface area contributed by atoms with Gasteiger partial charge in [-0.05, 0) is 80.5 Å². The first-order valence-corrected chi connectivity index (χ1v) is 12.0. The van der Waals surface area contributed by atoms with Crippen LogP contribution in [0.2, 0.25) is 0 Å². The monoisotopic (exact) mass is 384 g/mol. The fourth-order valence-corrected chi connectivity index (χ4v) is 6.79. The SMILES string of the molecule is C=C1C/C(=C/C=C2\CCC[C@@]3(C)[C@@H]2CC[C@@H]3[C@H](C)CCCC(C)C)C[C@H](O)C1. The Labute approximate surface area is 174 Å². The van der Waals surface area contributed by atoms with Gasteiger partial charge in [-0.2, -0.15) is 0 Å². The number of fused-ring (bicyclic) bond motifs is 1. The second-order valence-corrected chi connectivity index (χ2v) is 11.0. The molecule has 5 atom stereocenters. The fraction of sp³-hybridized carbons (Fsp3) is 0.778. The van der Waals surface area contributed by atoms with Crippen LogP contribution in [0.5, 0.6) is 0 Å². The molecule has 3 aliphatic rings. The third-order valence-corrected chi connectivity index (χ3v) is 8.20. The first-order chi connectivity index (χ1) is 13.3. The summed E-state index contributed by atoms with van der Waals surface area (Å²) in [6, 6.07) is 0.